The van der Waals surface area contributed by atoms with E-state index in [1.165, 1.54) is 6.20 Å². The molecule has 3 fully saturated rings. The van der Waals surface area contributed by atoms with Crippen LogP contribution in [-0.2, 0) is 14.3 Å². The fourth-order valence-corrected chi connectivity index (χ4v) is 7.81. The van der Waals surface area contributed by atoms with Crippen molar-refractivity contribution in [3.8, 4) is 0 Å². The van der Waals surface area contributed by atoms with E-state index < -0.39 is 40.5 Å². The lowest BCUT2D eigenvalue weighted by Gasteiger charge is -2.61. The van der Waals surface area contributed by atoms with Gasteiger partial charge in [0.05, 0.1) is 18.8 Å². The van der Waals surface area contributed by atoms with Crippen LogP contribution in [0, 0.1) is 34.0 Å². The number of hydrogen-bond donors (Lipinski definition) is 5. The van der Waals surface area contributed by atoms with Crippen LogP contribution in [0.3, 0.4) is 0 Å². The van der Waals surface area contributed by atoms with Gasteiger partial charge in [-0.2, -0.15) is 0 Å². The van der Waals surface area contributed by atoms with E-state index in [1.807, 2.05) is 13.8 Å². The number of carbonyl (C=O) groups is 3. The number of nitrogens with one attached hydrogen (secondary N) is 3. The molecule has 1 amide bonds. The third-order valence-corrected chi connectivity index (χ3v) is 10.5. The molecular formula is C29H43N5O6. The zero-order chi connectivity index (χ0) is 29.5. The van der Waals surface area contributed by atoms with Gasteiger partial charge in [-0.3, -0.25) is 19.4 Å². The van der Waals surface area contributed by atoms with Crippen LogP contribution in [0.1, 0.15) is 70.2 Å². The number of ketones is 1. The van der Waals surface area contributed by atoms with E-state index >= 15 is 0 Å². The first-order valence-corrected chi connectivity index (χ1v) is 14.2. The summed E-state index contributed by atoms with van der Waals surface area (Å²) >= 11 is 0. The lowest BCUT2D eigenvalue weighted by atomic mass is 9.44. The number of rotatable bonds is 9. The number of H-pyrrole nitrogens is 1. The number of Topliss-reactive ketones (excluding diaryl/α,β-unsaturated/α-hetero) is 1. The number of aromatic nitrogens is 2. The molecule has 3 aliphatic rings. The van der Waals surface area contributed by atoms with Crippen molar-refractivity contribution in [3.63, 3.8) is 0 Å². The molecule has 4 rings (SSSR count). The fourth-order valence-electron chi connectivity index (χ4n) is 7.81. The van der Waals surface area contributed by atoms with Crippen LogP contribution in [0.25, 0.3) is 0 Å². The Labute approximate surface area is 234 Å². The number of aliphatic hydroxyl groups is 1. The second kappa shape index (κ2) is 11.1. The van der Waals surface area contributed by atoms with Crippen LogP contribution in [0.15, 0.2) is 23.6 Å². The topological polar surface area (TPSA) is 176 Å². The molecule has 1 aromatic rings. The van der Waals surface area contributed by atoms with Gasteiger partial charge >= 0.3 is 5.97 Å². The molecule has 220 valence electrons. The maximum absolute atomic E-state index is 13.5. The van der Waals surface area contributed by atoms with Crippen molar-refractivity contribution in [2.75, 3.05) is 25.0 Å². The van der Waals surface area contributed by atoms with Gasteiger partial charge in [0.2, 0.25) is 11.9 Å². The van der Waals surface area contributed by atoms with Gasteiger partial charge in [0.15, 0.2) is 0 Å². The first kappa shape index (κ1) is 29.9. The Morgan fingerprint density at radius 1 is 1.27 bits per heavy atom. The minimum atomic E-state index is -0.821. The standard InChI is InChI=1S/C29H43N5O6/c1-6-27(4)13-20(28(5)16(2)7-9-29(17(3)23(27)37)10-8-19(35)22(28)29)40-25(39)18-14-33-26(34-24(18)38)32-12-11-31-15-21(30)36/h6,14,16-17,20,22-23,31,37H,1,7-13,15H2,2-5H3,(H2,30,36)(H2,32,33,34,38)/t16?,17-,20+,22?,23-,27+,28-,29-/m0/s1. The van der Waals surface area contributed by atoms with Gasteiger partial charge in [-0.1, -0.05) is 33.8 Å². The van der Waals surface area contributed by atoms with Gasteiger partial charge in [0, 0.05) is 36.3 Å². The molecule has 0 aliphatic heterocycles. The van der Waals surface area contributed by atoms with Gasteiger partial charge in [-0.05, 0) is 42.9 Å². The fraction of sp³-hybridized carbons (Fsp3) is 0.690. The Morgan fingerprint density at radius 2 is 2.00 bits per heavy atom. The van der Waals surface area contributed by atoms with Crippen molar-refractivity contribution in [3.05, 3.63) is 34.8 Å². The highest BCUT2D eigenvalue weighted by Crippen LogP contribution is 2.68. The number of primary amides is 1. The summed E-state index contributed by atoms with van der Waals surface area (Å²) in [7, 11) is 0. The van der Waals surface area contributed by atoms with Crippen molar-refractivity contribution in [1.29, 1.82) is 0 Å². The van der Waals surface area contributed by atoms with Crippen molar-refractivity contribution in [1.82, 2.24) is 15.3 Å². The van der Waals surface area contributed by atoms with Gasteiger partial charge in [0.1, 0.15) is 17.5 Å². The molecular weight excluding hydrogens is 514 g/mol. The Balaban J connectivity index is 1.62. The quantitative estimate of drug-likeness (QED) is 0.172. The molecule has 0 aromatic carbocycles. The van der Waals surface area contributed by atoms with Crippen molar-refractivity contribution < 1.29 is 24.2 Å². The Bertz CT molecular complexity index is 1230. The number of ether oxygens (including phenoxy) is 1. The minimum absolute atomic E-state index is 0.0313. The smallest absolute Gasteiger partial charge is 0.345 e. The van der Waals surface area contributed by atoms with Crippen LogP contribution in [0.4, 0.5) is 5.95 Å². The van der Waals surface area contributed by atoms with Gasteiger partial charge in [0.25, 0.3) is 5.56 Å². The first-order chi connectivity index (χ1) is 18.8. The maximum atomic E-state index is 13.5. The molecule has 0 spiro atoms. The molecule has 40 heavy (non-hydrogen) atoms. The van der Waals surface area contributed by atoms with Crippen molar-refractivity contribution in [2.24, 2.45) is 39.7 Å². The number of nitrogens with zero attached hydrogens (tertiary/aromatic N) is 1. The molecule has 3 saturated carbocycles. The molecule has 2 unspecified atom stereocenters. The van der Waals surface area contributed by atoms with Crippen LogP contribution in [0.2, 0.25) is 0 Å². The van der Waals surface area contributed by atoms with E-state index in [1.54, 1.807) is 6.08 Å². The number of hydrogen-bond acceptors (Lipinski definition) is 9. The Kier molecular flexibility index (Phi) is 8.29. The average Bonchev–Trinajstić information content (AvgIpc) is 3.26. The number of aromatic amines is 1. The second-order valence-electron chi connectivity index (χ2n) is 12.5. The maximum Gasteiger partial charge on any atom is 0.345 e. The van der Waals surface area contributed by atoms with E-state index in [9.17, 15) is 24.3 Å². The predicted molar refractivity (Wildman–Crippen MR) is 149 cm³/mol. The molecule has 11 heteroatoms. The number of amides is 1. The van der Waals surface area contributed by atoms with Crippen molar-refractivity contribution >= 4 is 23.6 Å². The summed E-state index contributed by atoms with van der Waals surface area (Å²) in [6, 6.07) is 0. The van der Waals surface area contributed by atoms with E-state index in [-0.39, 0.29) is 53.4 Å². The molecule has 6 N–H and O–H groups in total. The molecule has 1 heterocycles. The number of carbonyl (C=O) groups excluding carboxylic acids is 3. The SMILES string of the molecule is C=C[C@]1(C)C[C@@H](OC(=O)c2cnc(NCCNCC(N)=O)[nH]c2=O)[C@]2(C)C(C)CC[C@]3(CCC(=O)C32)[C@@H](C)[C@@H]1O. The Hall–Kier alpha value is -3.05. The van der Waals surface area contributed by atoms with Gasteiger partial charge in [-0.25, -0.2) is 9.78 Å². The number of anilines is 1. The summed E-state index contributed by atoms with van der Waals surface area (Å²) in [6.07, 6.45) is 4.52. The van der Waals surface area contributed by atoms with Gasteiger partial charge in [-0.15, -0.1) is 6.58 Å². The number of nitrogens with two attached hydrogens (primary N) is 1. The highest BCUT2D eigenvalue weighted by atomic mass is 16.5. The molecule has 0 radical (unpaired) electrons. The summed E-state index contributed by atoms with van der Waals surface area (Å²) < 4.78 is 6.18. The average molecular weight is 558 g/mol. The van der Waals surface area contributed by atoms with Crippen LogP contribution >= 0.6 is 0 Å². The largest absolute Gasteiger partial charge is 0.458 e. The monoisotopic (exact) mass is 557 g/mol. The molecule has 11 nitrogen and oxygen atoms in total. The van der Waals surface area contributed by atoms with Crippen LogP contribution in [-0.4, -0.2) is 64.6 Å². The van der Waals surface area contributed by atoms with E-state index in [0.717, 1.165) is 12.8 Å². The zero-order valence-corrected chi connectivity index (χ0v) is 23.9. The minimum Gasteiger partial charge on any atom is -0.458 e. The summed E-state index contributed by atoms with van der Waals surface area (Å²) in [5, 5.41) is 17.4. The lowest BCUT2D eigenvalue weighted by Crippen LogP contribution is -2.63. The molecule has 0 saturated heterocycles. The highest BCUT2D eigenvalue weighted by Gasteiger charge is 2.68. The predicted octanol–water partition coefficient (Wildman–Crippen LogP) is 1.78. The summed E-state index contributed by atoms with van der Waals surface area (Å²) in [6.45, 7) is 12.9. The van der Waals surface area contributed by atoms with Crippen LogP contribution in [0.5, 0.6) is 0 Å². The van der Waals surface area contributed by atoms with E-state index in [4.69, 9.17) is 10.5 Å². The normalized spacial score (nSPS) is 37.1. The number of esters is 1. The molecule has 8 atom stereocenters. The molecule has 3 aliphatic carbocycles. The van der Waals surface area contributed by atoms with Crippen LogP contribution < -0.4 is 21.9 Å². The van der Waals surface area contributed by atoms with Crippen molar-refractivity contribution in [2.45, 2.75) is 72.0 Å². The van der Waals surface area contributed by atoms with E-state index in [0.29, 0.717) is 25.9 Å². The third-order valence-electron chi connectivity index (χ3n) is 10.5. The van der Waals surface area contributed by atoms with E-state index in [2.05, 4.69) is 41.0 Å². The molecule has 1 aromatic heterocycles. The summed E-state index contributed by atoms with van der Waals surface area (Å²) in [5.74, 6) is -1.38. The zero-order valence-electron chi connectivity index (χ0n) is 23.9. The number of aliphatic hydroxyl groups excluding tert-OH is 1. The lowest BCUT2D eigenvalue weighted by molar-refractivity contribution is -0.192. The first-order valence-electron chi connectivity index (χ1n) is 14.2. The van der Waals surface area contributed by atoms with Gasteiger partial charge < -0.3 is 26.2 Å². The second-order valence-corrected chi connectivity index (χ2v) is 12.5. The summed E-state index contributed by atoms with van der Waals surface area (Å²) in [4.78, 5) is 57.4. The molecule has 2 bridgehead atoms. The summed E-state index contributed by atoms with van der Waals surface area (Å²) in [5.41, 5.74) is 2.34. The highest BCUT2D eigenvalue weighted by molar-refractivity contribution is 5.89. The third kappa shape index (κ3) is 4.98. The Morgan fingerprint density at radius 3 is 2.65 bits per heavy atom.